The molecule has 0 spiro atoms. The van der Waals surface area contributed by atoms with E-state index < -0.39 is 0 Å². The number of fused-ring (bicyclic) bond motifs is 2. The SMILES string of the molecule is O=c1[nH]c(NCCn2cnc3ccccc32)nc2ccccc12. The summed E-state index contributed by atoms with van der Waals surface area (Å²) in [6.45, 7) is 1.37. The number of hydrogen-bond acceptors (Lipinski definition) is 4. The molecule has 0 aliphatic rings. The number of anilines is 1. The van der Waals surface area contributed by atoms with Crippen molar-refractivity contribution in [2.45, 2.75) is 6.54 Å². The molecule has 0 saturated carbocycles. The Morgan fingerprint density at radius 2 is 1.83 bits per heavy atom. The van der Waals surface area contributed by atoms with Gasteiger partial charge in [-0.1, -0.05) is 24.3 Å². The van der Waals surface area contributed by atoms with E-state index in [0.717, 1.165) is 17.6 Å². The number of imidazole rings is 1. The number of benzene rings is 2. The summed E-state index contributed by atoms with van der Waals surface area (Å²) in [6, 6.07) is 15.3. The molecule has 0 aliphatic heterocycles. The van der Waals surface area contributed by atoms with Crippen molar-refractivity contribution in [3.63, 3.8) is 0 Å². The van der Waals surface area contributed by atoms with E-state index in [1.54, 1.807) is 6.07 Å². The fraction of sp³-hybridized carbons (Fsp3) is 0.118. The molecule has 23 heavy (non-hydrogen) atoms. The van der Waals surface area contributed by atoms with Gasteiger partial charge >= 0.3 is 0 Å². The number of hydrogen-bond donors (Lipinski definition) is 2. The number of nitrogens with zero attached hydrogens (tertiary/aromatic N) is 3. The van der Waals surface area contributed by atoms with Crippen molar-refractivity contribution in [1.29, 1.82) is 0 Å². The first-order valence-electron chi connectivity index (χ1n) is 7.44. The third kappa shape index (κ3) is 2.55. The molecule has 0 radical (unpaired) electrons. The van der Waals surface area contributed by atoms with Crippen LogP contribution in [0.15, 0.2) is 59.7 Å². The Morgan fingerprint density at radius 3 is 2.74 bits per heavy atom. The molecule has 0 amide bonds. The Morgan fingerprint density at radius 1 is 1.04 bits per heavy atom. The minimum absolute atomic E-state index is 0.133. The summed E-state index contributed by atoms with van der Waals surface area (Å²) in [5.74, 6) is 0.484. The van der Waals surface area contributed by atoms with E-state index in [4.69, 9.17) is 0 Å². The summed E-state index contributed by atoms with van der Waals surface area (Å²) in [7, 11) is 0. The summed E-state index contributed by atoms with van der Waals surface area (Å²) in [5.41, 5.74) is 2.62. The van der Waals surface area contributed by atoms with Crippen molar-refractivity contribution in [2.75, 3.05) is 11.9 Å². The molecule has 4 rings (SSSR count). The Balaban J connectivity index is 1.52. The first-order valence-corrected chi connectivity index (χ1v) is 7.44. The topological polar surface area (TPSA) is 75.6 Å². The third-order valence-electron chi connectivity index (χ3n) is 3.79. The van der Waals surface area contributed by atoms with Gasteiger partial charge in [0.2, 0.25) is 5.95 Å². The van der Waals surface area contributed by atoms with Crippen LogP contribution in [0.5, 0.6) is 0 Å². The predicted molar refractivity (Wildman–Crippen MR) is 90.6 cm³/mol. The Kier molecular flexibility index (Phi) is 3.27. The zero-order valence-corrected chi connectivity index (χ0v) is 12.4. The molecule has 0 atom stereocenters. The lowest BCUT2D eigenvalue weighted by Gasteiger charge is -2.07. The van der Waals surface area contributed by atoms with Crippen LogP contribution in [-0.4, -0.2) is 26.1 Å². The largest absolute Gasteiger partial charge is 0.354 e. The normalized spacial score (nSPS) is 11.1. The van der Waals surface area contributed by atoms with Crippen LogP contribution in [-0.2, 0) is 6.54 Å². The maximum absolute atomic E-state index is 12.0. The van der Waals surface area contributed by atoms with Gasteiger partial charge in [-0.15, -0.1) is 0 Å². The molecular weight excluding hydrogens is 290 g/mol. The summed E-state index contributed by atoms with van der Waals surface area (Å²) < 4.78 is 2.07. The molecule has 6 nitrogen and oxygen atoms in total. The van der Waals surface area contributed by atoms with Crippen LogP contribution >= 0.6 is 0 Å². The van der Waals surface area contributed by atoms with Crippen LogP contribution in [0.25, 0.3) is 21.9 Å². The van der Waals surface area contributed by atoms with E-state index in [1.807, 2.05) is 48.8 Å². The smallest absolute Gasteiger partial charge is 0.260 e. The van der Waals surface area contributed by atoms with Crippen molar-refractivity contribution >= 4 is 27.9 Å². The van der Waals surface area contributed by atoms with E-state index in [0.29, 0.717) is 23.4 Å². The Hall–Kier alpha value is -3.15. The zero-order chi connectivity index (χ0) is 15.6. The molecule has 0 fully saturated rings. The van der Waals surface area contributed by atoms with Gasteiger partial charge < -0.3 is 9.88 Å². The number of para-hydroxylation sites is 3. The molecular formula is C17H15N5O. The maximum atomic E-state index is 12.0. The Labute approximate surface area is 131 Å². The molecule has 0 bridgehead atoms. The molecule has 2 aromatic carbocycles. The lowest BCUT2D eigenvalue weighted by Crippen LogP contribution is -2.16. The van der Waals surface area contributed by atoms with Gasteiger partial charge in [0.1, 0.15) is 0 Å². The first-order chi connectivity index (χ1) is 11.3. The summed E-state index contributed by atoms with van der Waals surface area (Å²) in [4.78, 5) is 23.6. The highest BCUT2D eigenvalue weighted by Gasteiger charge is 2.04. The second-order valence-electron chi connectivity index (χ2n) is 5.29. The second kappa shape index (κ2) is 5.57. The average Bonchev–Trinajstić information content (AvgIpc) is 2.98. The van der Waals surface area contributed by atoms with Gasteiger partial charge in [-0.3, -0.25) is 9.78 Å². The molecule has 0 aliphatic carbocycles. The van der Waals surface area contributed by atoms with Gasteiger partial charge in [0.05, 0.1) is 28.3 Å². The number of H-pyrrole nitrogens is 1. The van der Waals surface area contributed by atoms with E-state index in [-0.39, 0.29) is 5.56 Å². The minimum Gasteiger partial charge on any atom is -0.354 e. The van der Waals surface area contributed by atoms with Crippen molar-refractivity contribution in [3.05, 3.63) is 65.2 Å². The Bertz CT molecular complexity index is 1030. The molecule has 0 unspecified atom stereocenters. The van der Waals surface area contributed by atoms with Crippen LogP contribution in [0.4, 0.5) is 5.95 Å². The van der Waals surface area contributed by atoms with Crippen LogP contribution < -0.4 is 10.9 Å². The lowest BCUT2D eigenvalue weighted by molar-refractivity contribution is 0.744. The van der Waals surface area contributed by atoms with Crippen LogP contribution in [0.1, 0.15) is 0 Å². The average molecular weight is 305 g/mol. The van der Waals surface area contributed by atoms with Crippen LogP contribution in [0.2, 0.25) is 0 Å². The van der Waals surface area contributed by atoms with Gasteiger partial charge in [-0.25, -0.2) is 9.97 Å². The minimum atomic E-state index is -0.133. The summed E-state index contributed by atoms with van der Waals surface area (Å²) >= 11 is 0. The highest BCUT2D eigenvalue weighted by molar-refractivity contribution is 5.78. The van der Waals surface area contributed by atoms with E-state index in [2.05, 4.69) is 24.8 Å². The van der Waals surface area contributed by atoms with Gasteiger partial charge in [-0.2, -0.15) is 0 Å². The molecule has 114 valence electrons. The molecule has 2 N–H and O–H groups in total. The van der Waals surface area contributed by atoms with Crippen LogP contribution in [0.3, 0.4) is 0 Å². The quantitative estimate of drug-likeness (QED) is 0.607. The van der Waals surface area contributed by atoms with Gasteiger partial charge in [0.25, 0.3) is 5.56 Å². The van der Waals surface area contributed by atoms with E-state index >= 15 is 0 Å². The third-order valence-corrected chi connectivity index (χ3v) is 3.79. The van der Waals surface area contributed by atoms with Gasteiger partial charge in [0, 0.05) is 13.1 Å². The van der Waals surface area contributed by atoms with Gasteiger partial charge in [-0.05, 0) is 24.3 Å². The molecule has 6 heteroatoms. The van der Waals surface area contributed by atoms with Crippen LogP contribution in [0, 0.1) is 0 Å². The predicted octanol–water partition coefficient (Wildman–Crippen LogP) is 2.38. The summed E-state index contributed by atoms with van der Waals surface area (Å²) in [6.07, 6.45) is 1.82. The monoisotopic (exact) mass is 305 g/mol. The van der Waals surface area contributed by atoms with E-state index in [9.17, 15) is 4.79 Å². The van der Waals surface area contributed by atoms with Crippen molar-refractivity contribution in [3.8, 4) is 0 Å². The van der Waals surface area contributed by atoms with Crippen molar-refractivity contribution < 1.29 is 0 Å². The molecule has 4 aromatic rings. The fourth-order valence-electron chi connectivity index (χ4n) is 2.65. The summed E-state index contributed by atoms with van der Waals surface area (Å²) in [5, 5.41) is 3.76. The zero-order valence-electron chi connectivity index (χ0n) is 12.4. The number of aromatic nitrogens is 4. The molecule has 0 saturated heterocycles. The molecule has 2 heterocycles. The van der Waals surface area contributed by atoms with Crippen molar-refractivity contribution in [1.82, 2.24) is 19.5 Å². The van der Waals surface area contributed by atoms with Gasteiger partial charge in [0.15, 0.2) is 0 Å². The molecule has 2 aromatic heterocycles. The highest BCUT2D eigenvalue weighted by atomic mass is 16.1. The number of aromatic amines is 1. The number of rotatable bonds is 4. The first kappa shape index (κ1) is 13.5. The maximum Gasteiger partial charge on any atom is 0.260 e. The standard InChI is InChI=1S/C17H15N5O/c23-16-12-5-1-2-6-13(12)20-17(21-16)18-9-10-22-11-19-14-7-3-4-8-15(14)22/h1-8,11H,9-10H2,(H2,18,20,21,23). The number of nitrogens with one attached hydrogen (secondary N) is 2. The fourth-order valence-corrected chi connectivity index (χ4v) is 2.65. The second-order valence-corrected chi connectivity index (χ2v) is 5.29. The van der Waals surface area contributed by atoms with Crippen molar-refractivity contribution in [2.24, 2.45) is 0 Å². The van der Waals surface area contributed by atoms with E-state index in [1.165, 1.54) is 0 Å². The highest BCUT2D eigenvalue weighted by Crippen LogP contribution is 2.12. The lowest BCUT2D eigenvalue weighted by atomic mass is 10.2.